The number of esters is 3. The number of ether oxygens (including phenoxy) is 3. The molecule has 6 nitrogen and oxygen atoms in total. The molecule has 0 spiro atoms. The lowest BCUT2D eigenvalue weighted by Gasteiger charge is -2.12. The molecule has 0 saturated carbocycles. The third-order valence-corrected chi connectivity index (χ3v) is 5.89. The van der Waals surface area contributed by atoms with E-state index >= 15 is 0 Å². The monoisotopic (exact) mass is 554 g/mol. The molecule has 4 rings (SSSR count). The van der Waals surface area contributed by atoms with E-state index in [1.807, 2.05) is 48.5 Å². The number of benzene rings is 4. The average molecular weight is 555 g/mol. The van der Waals surface area contributed by atoms with E-state index in [9.17, 15) is 14.4 Å². The summed E-state index contributed by atoms with van der Waals surface area (Å²) in [5.41, 5.74) is 5.05. The van der Waals surface area contributed by atoms with E-state index in [1.54, 1.807) is 49.4 Å². The number of hydrogen-bond donors (Lipinski definition) is 0. The maximum atomic E-state index is 12.4. The molecule has 0 aliphatic heterocycles. The molecule has 0 radical (unpaired) electrons. The van der Waals surface area contributed by atoms with Crippen molar-refractivity contribution in [3.05, 3.63) is 140 Å². The SMILES string of the molecule is C=CC(=O)Oc1ccc(C#Cc2ccc(-c3ccc(-c4ccc(OC(=O)C=C)cc4)cc3)c(OC(=O)C(=C)C)c2)cc1. The molecule has 0 aliphatic carbocycles. The molecule has 0 fully saturated rings. The molecule has 0 N–H and O–H groups in total. The summed E-state index contributed by atoms with van der Waals surface area (Å²) in [6, 6.07) is 27.1. The van der Waals surface area contributed by atoms with E-state index in [-0.39, 0.29) is 5.57 Å². The molecule has 6 heteroatoms. The van der Waals surface area contributed by atoms with Gasteiger partial charge in [0.2, 0.25) is 0 Å². The van der Waals surface area contributed by atoms with E-state index in [4.69, 9.17) is 14.2 Å². The highest BCUT2D eigenvalue weighted by atomic mass is 16.5. The first-order chi connectivity index (χ1) is 20.2. The van der Waals surface area contributed by atoms with Gasteiger partial charge >= 0.3 is 17.9 Å². The third-order valence-electron chi connectivity index (χ3n) is 5.89. The number of rotatable bonds is 8. The van der Waals surface area contributed by atoms with Crippen LogP contribution in [0.2, 0.25) is 0 Å². The summed E-state index contributed by atoms with van der Waals surface area (Å²) in [5.74, 6) is 5.71. The van der Waals surface area contributed by atoms with E-state index < -0.39 is 17.9 Å². The van der Waals surface area contributed by atoms with Crippen LogP contribution in [0.3, 0.4) is 0 Å². The second-order valence-corrected chi connectivity index (χ2v) is 9.01. The summed E-state index contributed by atoms with van der Waals surface area (Å²) < 4.78 is 15.9. The van der Waals surface area contributed by atoms with Gasteiger partial charge in [-0.1, -0.05) is 68.0 Å². The van der Waals surface area contributed by atoms with Crippen molar-refractivity contribution in [1.29, 1.82) is 0 Å². The van der Waals surface area contributed by atoms with E-state index in [0.717, 1.165) is 28.8 Å². The Hall–Kier alpha value is -5.93. The molecule has 0 bridgehead atoms. The highest BCUT2D eigenvalue weighted by Gasteiger charge is 2.13. The maximum absolute atomic E-state index is 12.4. The molecular weight excluding hydrogens is 528 g/mol. The van der Waals surface area contributed by atoms with Crippen LogP contribution in [-0.4, -0.2) is 17.9 Å². The molecule has 0 heterocycles. The van der Waals surface area contributed by atoms with Crippen LogP contribution in [0.15, 0.2) is 128 Å². The zero-order chi connectivity index (χ0) is 30.1. The second-order valence-electron chi connectivity index (χ2n) is 9.01. The smallest absolute Gasteiger partial charge is 0.338 e. The Morgan fingerprint density at radius 3 is 1.60 bits per heavy atom. The first-order valence-corrected chi connectivity index (χ1v) is 12.8. The fourth-order valence-corrected chi connectivity index (χ4v) is 3.73. The van der Waals surface area contributed by atoms with Gasteiger partial charge in [0, 0.05) is 34.4 Å². The Morgan fingerprint density at radius 1 is 0.619 bits per heavy atom. The van der Waals surface area contributed by atoms with E-state index in [1.165, 1.54) is 0 Å². The molecule has 42 heavy (non-hydrogen) atoms. The Bertz CT molecular complexity index is 1730. The minimum absolute atomic E-state index is 0.271. The summed E-state index contributed by atoms with van der Waals surface area (Å²) in [7, 11) is 0. The summed E-state index contributed by atoms with van der Waals surface area (Å²) in [4.78, 5) is 35.2. The Labute approximate surface area is 244 Å². The largest absolute Gasteiger partial charge is 0.423 e. The summed E-state index contributed by atoms with van der Waals surface area (Å²) in [6.45, 7) is 12.0. The Morgan fingerprint density at radius 2 is 1.07 bits per heavy atom. The van der Waals surface area contributed by atoms with Crippen LogP contribution in [0.4, 0.5) is 0 Å². The minimum atomic E-state index is -0.542. The van der Waals surface area contributed by atoms with Gasteiger partial charge in [-0.2, -0.15) is 0 Å². The first kappa shape index (κ1) is 29.1. The molecule has 206 valence electrons. The molecule has 0 unspecified atom stereocenters. The van der Waals surface area contributed by atoms with Gasteiger partial charge in [0.25, 0.3) is 0 Å². The fraction of sp³-hybridized carbons (Fsp3) is 0.0278. The Balaban J connectivity index is 1.58. The summed E-state index contributed by atoms with van der Waals surface area (Å²) in [5, 5.41) is 0. The Kier molecular flexibility index (Phi) is 9.29. The topological polar surface area (TPSA) is 78.9 Å². The lowest BCUT2D eigenvalue weighted by Crippen LogP contribution is -2.09. The van der Waals surface area contributed by atoms with Gasteiger partial charge in [0.15, 0.2) is 0 Å². The van der Waals surface area contributed by atoms with Crippen molar-refractivity contribution in [2.45, 2.75) is 6.92 Å². The average Bonchev–Trinajstić information content (AvgIpc) is 3.01. The van der Waals surface area contributed by atoms with Crippen molar-refractivity contribution in [2.75, 3.05) is 0 Å². The van der Waals surface area contributed by atoms with Gasteiger partial charge in [0.1, 0.15) is 17.2 Å². The van der Waals surface area contributed by atoms with Gasteiger partial charge in [-0.15, -0.1) is 0 Å². The van der Waals surface area contributed by atoms with E-state index in [2.05, 4.69) is 31.6 Å². The molecule has 0 saturated heterocycles. The summed E-state index contributed by atoms with van der Waals surface area (Å²) >= 11 is 0. The van der Waals surface area contributed by atoms with Crippen LogP contribution in [0, 0.1) is 11.8 Å². The van der Waals surface area contributed by atoms with Crippen LogP contribution in [-0.2, 0) is 14.4 Å². The molecule has 4 aromatic rings. The zero-order valence-corrected chi connectivity index (χ0v) is 22.9. The number of carbonyl (C=O) groups excluding carboxylic acids is 3. The number of hydrogen-bond acceptors (Lipinski definition) is 6. The highest BCUT2D eigenvalue weighted by molar-refractivity contribution is 5.90. The predicted molar refractivity (Wildman–Crippen MR) is 162 cm³/mol. The molecule has 0 amide bonds. The molecule has 4 aromatic carbocycles. The summed E-state index contributed by atoms with van der Waals surface area (Å²) in [6.07, 6.45) is 2.20. The molecule has 0 aromatic heterocycles. The fourth-order valence-electron chi connectivity index (χ4n) is 3.73. The van der Waals surface area contributed by atoms with Gasteiger partial charge < -0.3 is 14.2 Å². The van der Waals surface area contributed by atoms with Crippen molar-refractivity contribution < 1.29 is 28.6 Å². The predicted octanol–water partition coefficient (Wildman–Crippen LogP) is 7.08. The zero-order valence-electron chi connectivity index (χ0n) is 22.9. The maximum Gasteiger partial charge on any atom is 0.338 e. The third kappa shape index (κ3) is 7.59. The van der Waals surface area contributed by atoms with Crippen molar-refractivity contribution >= 4 is 17.9 Å². The minimum Gasteiger partial charge on any atom is -0.423 e. The van der Waals surface area contributed by atoms with Gasteiger partial charge in [-0.05, 0) is 78.2 Å². The standard InChI is InChI=1S/C36H26O6/c1-5-34(37)40-30-18-9-25(10-19-30)7-8-26-11-22-32(33(23-26)42-36(39)24(3)4)29-14-12-27(13-15-29)28-16-20-31(21-17-28)41-35(38)6-2/h5-6,9-23H,1-3H2,4H3. The highest BCUT2D eigenvalue weighted by Crippen LogP contribution is 2.33. The van der Waals surface area contributed by atoms with Crippen molar-refractivity contribution in [2.24, 2.45) is 0 Å². The normalized spacial score (nSPS) is 9.93. The van der Waals surface area contributed by atoms with E-state index in [0.29, 0.717) is 33.9 Å². The van der Waals surface area contributed by atoms with Crippen LogP contribution >= 0.6 is 0 Å². The lowest BCUT2D eigenvalue weighted by molar-refractivity contribution is -0.130. The lowest BCUT2D eigenvalue weighted by atomic mass is 9.98. The van der Waals surface area contributed by atoms with Crippen LogP contribution in [0.25, 0.3) is 22.3 Å². The molecule has 0 aliphatic rings. The molecule has 0 atom stereocenters. The van der Waals surface area contributed by atoms with Crippen LogP contribution < -0.4 is 14.2 Å². The quantitative estimate of drug-likeness (QED) is 0.100. The van der Waals surface area contributed by atoms with Crippen molar-refractivity contribution in [3.8, 4) is 51.3 Å². The molecular formula is C36H26O6. The number of carbonyl (C=O) groups is 3. The van der Waals surface area contributed by atoms with Crippen LogP contribution in [0.5, 0.6) is 17.2 Å². The van der Waals surface area contributed by atoms with Gasteiger partial charge in [0.05, 0.1) is 0 Å². The van der Waals surface area contributed by atoms with Crippen molar-refractivity contribution in [3.63, 3.8) is 0 Å². The second kappa shape index (κ2) is 13.4. The van der Waals surface area contributed by atoms with Gasteiger partial charge in [-0.25, -0.2) is 14.4 Å². The van der Waals surface area contributed by atoms with Crippen molar-refractivity contribution in [1.82, 2.24) is 0 Å². The first-order valence-electron chi connectivity index (χ1n) is 12.8. The van der Waals surface area contributed by atoms with Crippen LogP contribution in [0.1, 0.15) is 18.1 Å². The van der Waals surface area contributed by atoms with Gasteiger partial charge in [-0.3, -0.25) is 0 Å².